The van der Waals surface area contributed by atoms with Gasteiger partial charge in [-0.05, 0) is 24.8 Å². The molecule has 0 heterocycles. The molecule has 0 atom stereocenters. The fourth-order valence-electron chi connectivity index (χ4n) is 1.62. The monoisotopic (exact) mass is 266 g/mol. The molecule has 0 saturated carbocycles. The zero-order chi connectivity index (χ0) is 14.1. The van der Waals surface area contributed by atoms with Crippen LogP contribution in [0.3, 0.4) is 0 Å². The number of nitrogens with one attached hydrogen (secondary N) is 1. The number of hydrogen-bond acceptors (Lipinski definition) is 4. The summed E-state index contributed by atoms with van der Waals surface area (Å²) in [5.41, 5.74) is 1.01. The fraction of sp³-hybridized carbons (Fsp3) is 0.462. The number of carbonyl (C=O) groups is 1. The van der Waals surface area contributed by atoms with E-state index >= 15 is 0 Å². The molecule has 0 aromatic heterocycles. The van der Waals surface area contributed by atoms with Crippen LogP contribution >= 0.6 is 0 Å². The number of unbranched alkanes of at least 4 members (excludes halogenated alkanes) is 1. The number of aliphatic hydroxyl groups is 1. The molecular weight excluding hydrogens is 248 g/mol. The van der Waals surface area contributed by atoms with Crippen LogP contribution in [0.1, 0.15) is 24.8 Å². The molecule has 0 fully saturated rings. The molecule has 6 nitrogen and oxygen atoms in total. The van der Waals surface area contributed by atoms with E-state index in [1.165, 1.54) is 12.1 Å². The SMILES string of the molecule is O=C(CCCCO)NCCc1ccc([N+](=O)[O-])cc1. The van der Waals surface area contributed by atoms with E-state index in [9.17, 15) is 14.9 Å². The van der Waals surface area contributed by atoms with Crippen molar-refractivity contribution in [2.45, 2.75) is 25.7 Å². The van der Waals surface area contributed by atoms with Crippen molar-refractivity contribution in [2.24, 2.45) is 0 Å². The van der Waals surface area contributed by atoms with Gasteiger partial charge < -0.3 is 10.4 Å². The minimum absolute atomic E-state index is 0.0321. The van der Waals surface area contributed by atoms with Crippen molar-refractivity contribution < 1.29 is 14.8 Å². The maximum Gasteiger partial charge on any atom is 0.269 e. The fourth-order valence-corrected chi connectivity index (χ4v) is 1.62. The molecular formula is C13H18N2O4. The van der Waals surface area contributed by atoms with Crippen LogP contribution < -0.4 is 5.32 Å². The third-order valence-corrected chi connectivity index (χ3v) is 2.69. The predicted octanol–water partition coefficient (Wildman–Crippen LogP) is 1.42. The Balaban J connectivity index is 2.25. The van der Waals surface area contributed by atoms with E-state index in [0.29, 0.717) is 32.2 Å². The number of nitro benzene ring substituents is 1. The van der Waals surface area contributed by atoms with Crippen LogP contribution in [-0.2, 0) is 11.2 Å². The van der Waals surface area contributed by atoms with Crippen LogP contribution in [-0.4, -0.2) is 29.1 Å². The average molecular weight is 266 g/mol. The Morgan fingerprint density at radius 1 is 1.26 bits per heavy atom. The van der Waals surface area contributed by atoms with E-state index in [1.807, 2.05) is 0 Å². The normalized spacial score (nSPS) is 10.2. The standard InChI is InChI=1S/C13H18N2O4/c16-10-2-1-3-13(17)14-9-8-11-4-6-12(7-5-11)15(18)19/h4-7,16H,1-3,8-10H2,(H,14,17). The Kier molecular flexibility index (Phi) is 6.52. The Hall–Kier alpha value is -1.95. The molecule has 0 radical (unpaired) electrons. The summed E-state index contributed by atoms with van der Waals surface area (Å²) in [6.07, 6.45) is 2.38. The zero-order valence-corrected chi connectivity index (χ0v) is 10.7. The second-order valence-corrected chi connectivity index (χ2v) is 4.20. The molecule has 0 aliphatic carbocycles. The first kappa shape index (κ1) is 15.1. The largest absolute Gasteiger partial charge is 0.396 e. The smallest absolute Gasteiger partial charge is 0.269 e. The summed E-state index contributed by atoms with van der Waals surface area (Å²) >= 11 is 0. The van der Waals surface area contributed by atoms with Gasteiger partial charge in [0.25, 0.3) is 5.69 Å². The van der Waals surface area contributed by atoms with Crippen LogP contribution in [0, 0.1) is 10.1 Å². The zero-order valence-electron chi connectivity index (χ0n) is 10.7. The summed E-state index contributed by atoms with van der Waals surface area (Å²) < 4.78 is 0. The number of carbonyl (C=O) groups excluding carboxylic acids is 1. The summed E-state index contributed by atoms with van der Waals surface area (Å²) in [5.74, 6) is -0.0321. The number of non-ortho nitro benzene ring substituents is 1. The Morgan fingerprint density at radius 3 is 2.53 bits per heavy atom. The summed E-state index contributed by atoms with van der Waals surface area (Å²) in [4.78, 5) is 21.4. The van der Waals surface area contributed by atoms with Gasteiger partial charge in [0.05, 0.1) is 4.92 Å². The highest BCUT2D eigenvalue weighted by Crippen LogP contribution is 2.11. The lowest BCUT2D eigenvalue weighted by Crippen LogP contribution is -2.25. The third-order valence-electron chi connectivity index (χ3n) is 2.69. The van der Waals surface area contributed by atoms with E-state index in [1.54, 1.807) is 12.1 Å². The molecule has 0 aliphatic heterocycles. The molecule has 1 aromatic rings. The van der Waals surface area contributed by atoms with E-state index < -0.39 is 4.92 Å². The van der Waals surface area contributed by atoms with Crippen LogP contribution in [0.2, 0.25) is 0 Å². The van der Waals surface area contributed by atoms with Crippen LogP contribution in [0.25, 0.3) is 0 Å². The van der Waals surface area contributed by atoms with Gasteiger partial charge >= 0.3 is 0 Å². The number of benzene rings is 1. The van der Waals surface area contributed by atoms with Gasteiger partial charge in [0, 0.05) is 31.7 Å². The van der Waals surface area contributed by atoms with Crippen molar-refractivity contribution in [2.75, 3.05) is 13.2 Å². The molecule has 0 saturated heterocycles. The van der Waals surface area contributed by atoms with E-state index in [2.05, 4.69) is 5.32 Å². The van der Waals surface area contributed by atoms with Gasteiger partial charge in [-0.15, -0.1) is 0 Å². The second kappa shape index (κ2) is 8.20. The Labute approximate surface area is 111 Å². The van der Waals surface area contributed by atoms with Gasteiger partial charge in [-0.2, -0.15) is 0 Å². The van der Waals surface area contributed by atoms with Crippen molar-refractivity contribution >= 4 is 11.6 Å². The molecule has 0 unspecified atom stereocenters. The molecule has 0 spiro atoms. The van der Waals surface area contributed by atoms with Crippen LogP contribution in [0.15, 0.2) is 24.3 Å². The number of amides is 1. The van der Waals surface area contributed by atoms with Crippen LogP contribution in [0.5, 0.6) is 0 Å². The number of aliphatic hydroxyl groups excluding tert-OH is 1. The third kappa shape index (κ3) is 5.96. The first-order valence-electron chi connectivity index (χ1n) is 6.24. The van der Waals surface area contributed by atoms with Gasteiger partial charge in [0.15, 0.2) is 0 Å². The van der Waals surface area contributed by atoms with Gasteiger partial charge in [0.1, 0.15) is 0 Å². The number of hydrogen-bond donors (Lipinski definition) is 2. The summed E-state index contributed by atoms with van der Waals surface area (Å²) in [6.45, 7) is 0.617. The van der Waals surface area contributed by atoms with Crippen molar-refractivity contribution in [3.63, 3.8) is 0 Å². The molecule has 19 heavy (non-hydrogen) atoms. The predicted molar refractivity (Wildman–Crippen MR) is 70.7 cm³/mol. The Morgan fingerprint density at radius 2 is 1.95 bits per heavy atom. The molecule has 1 rings (SSSR count). The van der Waals surface area contributed by atoms with Gasteiger partial charge in [0.2, 0.25) is 5.91 Å². The maximum absolute atomic E-state index is 11.4. The Bertz CT molecular complexity index is 417. The highest BCUT2D eigenvalue weighted by atomic mass is 16.6. The second-order valence-electron chi connectivity index (χ2n) is 4.20. The maximum atomic E-state index is 11.4. The molecule has 2 N–H and O–H groups in total. The molecule has 1 amide bonds. The van der Waals surface area contributed by atoms with Crippen molar-refractivity contribution in [1.29, 1.82) is 0 Å². The van der Waals surface area contributed by atoms with Crippen molar-refractivity contribution in [3.05, 3.63) is 39.9 Å². The first-order valence-corrected chi connectivity index (χ1v) is 6.24. The van der Waals surface area contributed by atoms with Gasteiger partial charge in [-0.1, -0.05) is 12.1 Å². The van der Waals surface area contributed by atoms with E-state index in [0.717, 1.165) is 5.56 Å². The number of nitro groups is 1. The van der Waals surface area contributed by atoms with Gasteiger partial charge in [-0.25, -0.2) is 0 Å². The number of nitrogens with zero attached hydrogens (tertiary/aromatic N) is 1. The summed E-state index contributed by atoms with van der Waals surface area (Å²) in [5, 5.41) is 21.8. The first-order chi connectivity index (χ1) is 9.13. The quantitative estimate of drug-likeness (QED) is 0.423. The molecule has 0 bridgehead atoms. The van der Waals surface area contributed by atoms with Gasteiger partial charge in [-0.3, -0.25) is 14.9 Å². The van der Waals surface area contributed by atoms with Crippen molar-refractivity contribution in [1.82, 2.24) is 5.32 Å². The highest BCUT2D eigenvalue weighted by Gasteiger charge is 2.04. The van der Waals surface area contributed by atoms with Crippen molar-refractivity contribution in [3.8, 4) is 0 Å². The van der Waals surface area contributed by atoms with Crippen LogP contribution in [0.4, 0.5) is 5.69 Å². The summed E-state index contributed by atoms with van der Waals surface area (Å²) in [7, 11) is 0. The molecule has 1 aromatic carbocycles. The summed E-state index contributed by atoms with van der Waals surface area (Å²) in [6, 6.07) is 6.29. The lowest BCUT2D eigenvalue weighted by molar-refractivity contribution is -0.384. The molecule has 6 heteroatoms. The lowest BCUT2D eigenvalue weighted by atomic mass is 10.1. The van der Waals surface area contributed by atoms with E-state index in [4.69, 9.17) is 5.11 Å². The average Bonchev–Trinajstić information content (AvgIpc) is 2.39. The lowest BCUT2D eigenvalue weighted by Gasteiger charge is -2.05. The number of rotatable bonds is 8. The minimum atomic E-state index is -0.438. The van der Waals surface area contributed by atoms with E-state index in [-0.39, 0.29) is 18.2 Å². The topological polar surface area (TPSA) is 92.5 Å². The molecule has 0 aliphatic rings. The highest BCUT2D eigenvalue weighted by molar-refractivity contribution is 5.75. The minimum Gasteiger partial charge on any atom is -0.396 e. The molecule has 104 valence electrons.